The fourth-order valence-electron chi connectivity index (χ4n) is 5.09. The Hall–Kier alpha value is -3.76. The molecule has 39 heavy (non-hydrogen) atoms. The van der Waals surface area contributed by atoms with Gasteiger partial charge in [0.2, 0.25) is 0 Å². The van der Waals surface area contributed by atoms with Crippen LogP contribution < -0.4 is 20.1 Å². The first kappa shape index (κ1) is 25.5. The molecule has 6 rings (SSSR count). The van der Waals surface area contributed by atoms with Gasteiger partial charge in [0.15, 0.2) is 11.0 Å². The maximum atomic E-state index is 13.0. The summed E-state index contributed by atoms with van der Waals surface area (Å²) in [5.74, 6) is 3.93. The van der Waals surface area contributed by atoms with E-state index >= 15 is 0 Å². The smallest absolute Gasteiger partial charge is 0.257 e. The van der Waals surface area contributed by atoms with Crippen molar-refractivity contribution in [3.8, 4) is 28.6 Å². The second-order valence-electron chi connectivity index (χ2n) is 10.0. The monoisotopic (exact) mass is 544 g/mol. The molecule has 0 bridgehead atoms. The summed E-state index contributed by atoms with van der Waals surface area (Å²) in [7, 11) is 0. The number of ether oxygens (including phenoxy) is 2. The van der Waals surface area contributed by atoms with Gasteiger partial charge in [-0.15, -0.1) is 21.5 Å². The summed E-state index contributed by atoms with van der Waals surface area (Å²) < 4.78 is 14.6. The Morgan fingerprint density at radius 1 is 1.05 bits per heavy atom. The SMILES string of the molecule is O=C(Nc1nccs1)c1cc(OCC2CCCNC2)cc(Oc2ccc(-c3nnc4n3CCCCC4)cc2)c1. The third kappa shape index (κ3) is 6.29. The van der Waals surface area contributed by atoms with Gasteiger partial charge in [-0.2, -0.15) is 0 Å². The van der Waals surface area contributed by atoms with Crippen molar-refractivity contribution in [3.63, 3.8) is 0 Å². The van der Waals surface area contributed by atoms with Crippen LogP contribution in [0.3, 0.4) is 0 Å². The van der Waals surface area contributed by atoms with Crippen LogP contribution in [0.4, 0.5) is 5.13 Å². The summed E-state index contributed by atoms with van der Waals surface area (Å²) in [4.78, 5) is 17.2. The fourth-order valence-corrected chi connectivity index (χ4v) is 5.61. The van der Waals surface area contributed by atoms with Crippen LogP contribution in [0, 0.1) is 5.92 Å². The molecule has 0 radical (unpaired) electrons. The van der Waals surface area contributed by atoms with Crippen molar-refractivity contribution < 1.29 is 14.3 Å². The van der Waals surface area contributed by atoms with Gasteiger partial charge in [0.1, 0.15) is 23.1 Å². The zero-order valence-electron chi connectivity index (χ0n) is 21.8. The van der Waals surface area contributed by atoms with Gasteiger partial charge in [0.05, 0.1) is 6.61 Å². The highest BCUT2D eigenvalue weighted by Crippen LogP contribution is 2.31. The number of anilines is 1. The normalized spacial score (nSPS) is 17.2. The Balaban J connectivity index is 1.21. The molecule has 4 heterocycles. The lowest BCUT2D eigenvalue weighted by Crippen LogP contribution is -2.33. The van der Waals surface area contributed by atoms with Gasteiger partial charge >= 0.3 is 0 Å². The molecular weight excluding hydrogens is 512 g/mol. The first-order valence-corrected chi connectivity index (χ1v) is 14.5. The van der Waals surface area contributed by atoms with E-state index in [0.29, 0.717) is 40.5 Å². The van der Waals surface area contributed by atoms with Crippen molar-refractivity contribution in [1.82, 2.24) is 25.1 Å². The van der Waals surface area contributed by atoms with Crippen LogP contribution in [0.2, 0.25) is 0 Å². The molecule has 0 saturated carbocycles. The first-order valence-electron chi connectivity index (χ1n) is 13.6. The summed E-state index contributed by atoms with van der Waals surface area (Å²) in [5, 5.41) is 17.5. The van der Waals surface area contributed by atoms with Crippen molar-refractivity contribution in [2.75, 3.05) is 25.0 Å². The van der Waals surface area contributed by atoms with Gasteiger partial charge in [-0.05, 0) is 68.6 Å². The third-order valence-electron chi connectivity index (χ3n) is 7.14. The minimum Gasteiger partial charge on any atom is -0.493 e. The molecule has 10 heteroatoms. The minimum absolute atomic E-state index is 0.262. The van der Waals surface area contributed by atoms with Crippen molar-refractivity contribution in [1.29, 1.82) is 0 Å². The van der Waals surface area contributed by atoms with E-state index in [1.807, 2.05) is 35.7 Å². The number of nitrogens with zero attached hydrogens (tertiary/aromatic N) is 4. The molecule has 0 spiro atoms. The predicted octanol–water partition coefficient (Wildman–Crippen LogP) is 5.55. The molecule has 2 aromatic heterocycles. The van der Waals surface area contributed by atoms with Gasteiger partial charge in [-0.25, -0.2) is 4.98 Å². The number of nitrogens with one attached hydrogen (secondary N) is 2. The molecule has 2 aliphatic rings. The Bertz CT molecular complexity index is 1400. The van der Waals surface area contributed by atoms with Gasteiger partial charge in [-0.3, -0.25) is 10.1 Å². The van der Waals surface area contributed by atoms with E-state index in [9.17, 15) is 4.79 Å². The molecule has 0 aliphatic carbocycles. The molecule has 202 valence electrons. The number of hydrogen-bond acceptors (Lipinski definition) is 8. The van der Waals surface area contributed by atoms with Crippen molar-refractivity contribution in [2.24, 2.45) is 5.92 Å². The Labute approximate surface area is 231 Å². The highest BCUT2D eigenvalue weighted by molar-refractivity contribution is 7.13. The molecule has 2 aliphatic heterocycles. The topological polar surface area (TPSA) is 103 Å². The van der Waals surface area contributed by atoms with Gasteiger partial charge in [0, 0.05) is 54.2 Å². The molecule has 9 nitrogen and oxygen atoms in total. The number of benzene rings is 2. The molecule has 4 aromatic rings. The minimum atomic E-state index is -0.262. The summed E-state index contributed by atoms with van der Waals surface area (Å²) in [6.07, 6.45) is 8.44. The number of piperidine rings is 1. The van der Waals surface area contributed by atoms with Crippen LogP contribution in [-0.2, 0) is 13.0 Å². The van der Waals surface area contributed by atoms with Crippen molar-refractivity contribution in [3.05, 3.63) is 65.4 Å². The average molecular weight is 545 g/mol. The molecule has 2 N–H and O–H groups in total. The van der Waals surface area contributed by atoms with Crippen molar-refractivity contribution in [2.45, 2.75) is 45.1 Å². The number of carbonyl (C=O) groups excluding carboxylic acids is 1. The number of hydrogen-bond donors (Lipinski definition) is 2. The molecular formula is C29H32N6O3S. The van der Waals surface area contributed by atoms with E-state index in [4.69, 9.17) is 9.47 Å². The largest absolute Gasteiger partial charge is 0.493 e. The van der Waals surface area contributed by atoms with E-state index in [0.717, 1.165) is 69.0 Å². The maximum Gasteiger partial charge on any atom is 0.257 e. The quantitative estimate of drug-likeness (QED) is 0.300. The zero-order valence-corrected chi connectivity index (χ0v) is 22.6. The summed E-state index contributed by atoms with van der Waals surface area (Å²) in [6, 6.07) is 13.2. The van der Waals surface area contributed by atoms with Gasteiger partial charge in [0.25, 0.3) is 5.91 Å². The highest BCUT2D eigenvalue weighted by atomic mass is 32.1. The maximum absolute atomic E-state index is 13.0. The lowest BCUT2D eigenvalue weighted by molar-refractivity contribution is 0.102. The summed E-state index contributed by atoms with van der Waals surface area (Å²) in [6.45, 7) is 3.53. The second-order valence-corrected chi connectivity index (χ2v) is 10.9. The lowest BCUT2D eigenvalue weighted by Gasteiger charge is -2.23. The Morgan fingerprint density at radius 2 is 1.95 bits per heavy atom. The highest BCUT2D eigenvalue weighted by Gasteiger charge is 2.18. The number of fused-ring (bicyclic) bond motifs is 1. The van der Waals surface area contributed by atoms with E-state index in [2.05, 4.69) is 30.4 Å². The predicted molar refractivity (Wildman–Crippen MR) is 151 cm³/mol. The number of carbonyl (C=O) groups is 1. The van der Waals surface area contributed by atoms with E-state index < -0.39 is 0 Å². The number of amides is 1. The average Bonchev–Trinajstić information content (AvgIpc) is 3.57. The van der Waals surface area contributed by atoms with E-state index in [-0.39, 0.29) is 5.91 Å². The zero-order chi connectivity index (χ0) is 26.4. The Morgan fingerprint density at radius 3 is 2.77 bits per heavy atom. The van der Waals surface area contributed by atoms with E-state index in [1.165, 1.54) is 17.8 Å². The fraction of sp³-hybridized carbons (Fsp3) is 0.379. The summed E-state index contributed by atoms with van der Waals surface area (Å²) >= 11 is 1.37. The van der Waals surface area contributed by atoms with Crippen LogP contribution in [0.25, 0.3) is 11.4 Å². The van der Waals surface area contributed by atoms with Crippen LogP contribution in [-0.4, -0.2) is 45.4 Å². The molecule has 1 unspecified atom stereocenters. The molecule has 1 fully saturated rings. The third-order valence-corrected chi connectivity index (χ3v) is 7.83. The number of aromatic nitrogens is 4. The van der Waals surface area contributed by atoms with Crippen LogP contribution in [0.15, 0.2) is 54.0 Å². The number of aryl methyl sites for hydroxylation is 1. The lowest BCUT2D eigenvalue weighted by atomic mass is 10.0. The van der Waals surface area contributed by atoms with Gasteiger partial charge < -0.3 is 19.4 Å². The van der Waals surface area contributed by atoms with Crippen molar-refractivity contribution >= 4 is 22.4 Å². The molecule has 1 atom stereocenters. The second kappa shape index (κ2) is 12.0. The van der Waals surface area contributed by atoms with E-state index in [1.54, 1.807) is 18.3 Å². The number of rotatable bonds is 8. The van der Waals surface area contributed by atoms with Crippen LogP contribution in [0.5, 0.6) is 17.2 Å². The molecule has 1 saturated heterocycles. The standard InChI is InChI=1S/C29H32N6O3S/c36-28(32-29-31-12-14-39-29)22-15-24(37-19-20-5-4-11-30-18-20)17-25(16-22)38-23-9-7-21(8-10-23)27-34-33-26-6-2-1-3-13-35(26)27/h7-10,12,14-17,20,30H,1-6,11,13,18-19H2,(H,31,32,36). The Kier molecular flexibility index (Phi) is 7.83. The number of thiazole rings is 1. The molecule has 2 aromatic carbocycles. The first-order chi connectivity index (χ1) is 19.2. The molecule has 1 amide bonds. The summed E-state index contributed by atoms with van der Waals surface area (Å²) in [5.41, 5.74) is 1.45. The van der Waals surface area contributed by atoms with Gasteiger partial charge in [-0.1, -0.05) is 6.42 Å². The van der Waals surface area contributed by atoms with Crippen LogP contribution >= 0.6 is 11.3 Å². The van der Waals surface area contributed by atoms with Crippen LogP contribution in [0.1, 0.15) is 48.3 Å².